The van der Waals surface area contributed by atoms with Crippen LogP contribution in [0, 0.1) is 17.1 Å². The van der Waals surface area contributed by atoms with E-state index in [1.807, 2.05) is 11.5 Å². The molecule has 21 heavy (non-hydrogen) atoms. The van der Waals surface area contributed by atoms with Crippen LogP contribution in [0.25, 0.3) is 0 Å². The van der Waals surface area contributed by atoms with Gasteiger partial charge in [-0.3, -0.25) is 10.2 Å². The molecule has 3 N–H and O–H groups in total. The van der Waals surface area contributed by atoms with Crippen LogP contribution in [-0.2, 0) is 6.61 Å². The highest BCUT2D eigenvalue weighted by molar-refractivity contribution is 5.93. The summed E-state index contributed by atoms with van der Waals surface area (Å²) in [5, 5.41) is 8.69. The number of rotatable bonds is 4. The third-order valence-corrected chi connectivity index (χ3v) is 2.82. The predicted octanol–water partition coefficient (Wildman–Crippen LogP) is 1.88. The highest BCUT2D eigenvalue weighted by atomic mass is 19.1. The topological polar surface area (TPSA) is 88.1 Å². The zero-order valence-electron chi connectivity index (χ0n) is 11.0. The van der Waals surface area contributed by atoms with Gasteiger partial charge in [0, 0.05) is 11.1 Å². The van der Waals surface area contributed by atoms with E-state index in [1.165, 1.54) is 18.2 Å². The molecule has 0 aliphatic rings. The fraction of sp³-hybridized carbons (Fsp3) is 0.0667. The molecule has 0 bridgehead atoms. The van der Waals surface area contributed by atoms with Gasteiger partial charge < -0.3 is 4.74 Å². The summed E-state index contributed by atoms with van der Waals surface area (Å²) in [6.45, 7) is -0.0383. The number of nitrogens with one attached hydrogen (secondary N) is 1. The van der Waals surface area contributed by atoms with Crippen molar-refractivity contribution in [2.45, 2.75) is 6.61 Å². The van der Waals surface area contributed by atoms with Crippen molar-refractivity contribution in [3.63, 3.8) is 0 Å². The number of carbonyl (C=O) groups is 1. The van der Waals surface area contributed by atoms with Gasteiger partial charge in [0.15, 0.2) is 0 Å². The Morgan fingerprint density at radius 2 is 2.00 bits per heavy atom. The van der Waals surface area contributed by atoms with Crippen molar-refractivity contribution in [1.29, 1.82) is 5.26 Å². The molecule has 0 saturated carbocycles. The number of hydrazine groups is 1. The first-order valence-corrected chi connectivity index (χ1v) is 6.06. The van der Waals surface area contributed by atoms with Gasteiger partial charge in [0.05, 0.1) is 11.6 Å². The van der Waals surface area contributed by atoms with Crippen LogP contribution in [0.1, 0.15) is 21.5 Å². The molecule has 0 unspecified atom stereocenters. The lowest BCUT2D eigenvalue weighted by molar-refractivity contribution is 0.0953. The molecule has 6 heteroatoms. The monoisotopic (exact) mass is 285 g/mol. The summed E-state index contributed by atoms with van der Waals surface area (Å²) in [7, 11) is 0. The third-order valence-electron chi connectivity index (χ3n) is 2.82. The maximum Gasteiger partial charge on any atom is 0.265 e. The Bertz CT molecular complexity index is 693. The number of amides is 1. The molecule has 0 saturated heterocycles. The number of nitrogens with two attached hydrogens (primary N) is 1. The Morgan fingerprint density at radius 1 is 1.29 bits per heavy atom. The van der Waals surface area contributed by atoms with E-state index in [-0.39, 0.29) is 17.7 Å². The average Bonchev–Trinajstić information content (AvgIpc) is 2.53. The van der Waals surface area contributed by atoms with Gasteiger partial charge in [-0.1, -0.05) is 0 Å². The van der Waals surface area contributed by atoms with Crippen molar-refractivity contribution >= 4 is 5.91 Å². The number of nitrogens with zero attached hydrogens (tertiary/aromatic N) is 1. The van der Waals surface area contributed by atoms with E-state index in [9.17, 15) is 9.18 Å². The van der Waals surface area contributed by atoms with Crippen molar-refractivity contribution in [1.82, 2.24) is 5.43 Å². The average molecular weight is 285 g/mol. The van der Waals surface area contributed by atoms with Gasteiger partial charge in [-0.2, -0.15) is 5.26 Å². The zero-order valence-corrected chi connectivity index (χ0v) is 11.0. The first-order valence-electron chi connectivity index (χ1n) is 6.06. The van der Waals surface area contributed by atoms with Gasteiger partial charge in [0.25, 0.3) is 5.91 Å². The number of ether oxygens (including phenoxy) is 1. The fourth-order valence-corrected chi connectivity index (χ4v) is 1.70. The largest absolute Gasteiger partial charge is 0.489 e. The van der Waals surface area contributed by atoms with Gasteiger partial charge in [-0.25, -0.2) is 10.2 Å². The standard InChI is InChI=1S/C15H12FN3O2/c16-14-6-3-11(15(20)19-18)7-12(14)9-21-13-4-1-10(8-17)2-5-13/h1-7H,9,18H2,(H,19,20). The SMILES string of the molecule is N#Cc1ccc(OCc2cc(C(=O)NN)ccc2F)cc1. The fourth-order valence-electron chi connectivity index (χ4n) is 1.70. The van der Waals surface area contributed by atoms with Gasteiger partial charge in [0.1, 0.15) is 18.2 Å². The van der Waals surface area contributed by atoms with Crippen molar-refractivity contribution in [2.75, 3.05) is 0 Å². The van der Waals surface area contributed by atoms with Crippen molar-refractivity contribution in [3.05, 3.63) is 65.0 Å². The normalized spacial score (nSPS) is 9.76. The summed E-state index contributed by atoms with van der Waals surface area (Å²) in [5.74, 6) is 4.56. The molecular weight excluding hydrogens is 273 g/mol. The Kier molecular flexibility index (Phi) is 4.49. The van der Waals surface area contributed by atoms with Gasteiger partial charge in [-0.15, -0.1) is 0 Å². The number of benzene rings is 2. The van der Waals surface area contributed by atoms with Crippen LogP contribution in [0.5, 0.6) is 5.75 Å². The molecule has 2 aromatic rings. The minimum absolute atomic E-state index is 0.0383. The highest BCUT2D eigenvalue weighted by Gasteiger charge is 2.09. The zero-order chi connectivity index (χ0) is 15.2. The van der Waals surface area contributed by atoms with Crippen LogP contribution in [0.15, 0.2) is 42.5 Å². The number of hydrogen-bond acceptors (Lipinski definition) is 4. The molecule has 0 heterocycles. The quantitative estimate of drug-likeness (QED) is 0.510. The molecule has 0 atom stereocenters. The van der Waals surface area contributed by atoms with E-state index in [1.54, 1.807) is 24.3 Å². The molecule has 106 valence electrons. The Balaban J connectivity index is 2.11. The molecule has 0 radical (unpaired) electrons. The summed E-state index contributed by atoms with van der Waals surface area (Å²) in [5.41, 5.74) is 2.98. The number of nitrogen functional groups attached to an aromatic ring is 1. The smallest absolute Gasteiger partial charge is 0.265 e. The summed E-state index contributed by atoms with van der Waals surface area (Å²) >= 11 is 0. The molecule has 2 rings (SSSR count). The first kappa shape index (κ1) is 14.5. The van der Waals surface area contributed by atoms with E-state index in [0.29, 0.717) is 11.3 Å². The summed E-state index contributed by atoms with van der Waals surface area (Å²) in [6.07, 6.45) is 0. The maximum absolute atomic E-state index is 13.7. The third kappa shape index (κ3) is 3.55. The van der Waals surface area contributed by atoms with Crippen LogP contribution < -0.4 is 16.0 Å². The van der Waals surface area contributed by atoms with Gasteiger partial charge in [0.2, 0.25) is 0 Å². The van der Waals surface area contributed by atoms with E-state index in [2.05, 4.69) is 0 Å². The molecule has 1 amide bonds. The molecule has 2 aromatic carbocycles. The van der Waals surface area contributed by atoms with Crippen molar-refractivity contribution in [3.8, 4) is 11.8 Å². The number of halogens is 1. The van der Waals surface area contributed by atoms with Crippen LogP contribution in [0.2, 0.25) is 0 Å². The maximum atomic E-state index is 13.7. The molecule has 0 aliphatic carbocycles. The second-order valence-electron chi connectivity index (χ2n) is 4.20. The van der Waals surface area contributed by atoms with Gasteiger partial charge in [-0.05, 0) is 42.5 Å². The van der Waals surface area contributed by atoms with E-state index < -0.39 is 11.7 Å². The molecule has 5 nitrogen and oxygen atoms in total. The lowest BCUT2D eigenvalue weighted by Crippen LogP contribution is -2.30. The van der Waals surface area contributed by atoms with Crippen LogP contribution in [0.3, 0.4) is 0 Å². The minimum Gasteiger partial charge on any atom is -0.489 e. The lowest BCUT2D eigenvalue weighted by Gasteiger charge is -2.08. The minimum atomic E-state index is -0.505. The molecule has 0 fully saturated rings. The van der Waals surface area contributed by atoms with Crippen LogP contribution in [0.4, 0.5) is 4.39 Å². The van der Waals surface area contributed by atoms with Crippen molar-refractivity contribution < 1.29 is 13.9 Å². The Hall–Kier alpha value is -2.91. The Labute approximate surface area is 120 Å². The lowest BCUT2D eigenvalue weighted by atomic mass is 10.1. The molecule has 0 aliphatic heterocycles. The number of nitriles is 1. The highest BCUT2D eigenvalue weighted by Crippen LogP contribution is 2.16. The second kappa shape index (κ2) is 6.50. The van der Waals surface area contributed by atoms with E-state index in [4.69, 9.17) is 15.8 Å². The number of carbonyl (C=O) groups excluding carboxylic acids is 1. The van der Waals surface area contributed by atoms with Crippen molar-refractivity contribution in [2.24, 2.45) is 5.84 Å². The molecular formula is C15H12FN3O2. The summed E-state index contributed by atoms with van der Waals surface area (Å²) in [4.78, 5) is 11.4. The first-order chi connectivity index (χ1) is 10.1. The van der Waals surface area contributed by atoms with Crippen LogP contribution >= 0.6 is 0 Å². The van der Waals surface area contributed by atoms with Gasteiger partial charge >= 0.3 is 0 Å². The second-order valence-corrected chi connectivity index (χ2v) is 4.20. The van der Waals surface area contributed by atoms with Crippen LogP contribution in [-0.4, -0.2) is 5.91 Å². The molecule has 0 spiro atoms. The van der Waals surface area contributed by atoms with E-state index >= 15 is 0 Å². The summed E-state index contributed by atoms with van der Waals surface area (Å²) < 4.78 is 19.1. The number of hydrogen-bond donors (Lipinski definition) is 2. The molecule has 0 aromatic heterocycles. The summed E-state index contributed by atoms with van der Waals surface area (Å²) in [6, 6.07) is 12.3. The van der Waals surface area contributed by atoms with E-state index in [0.717, 1.165) is 0 Å². The predicted molar refractivity (Wildman–Crippen MR) is 73.5 cm³/mol. The Morgan fingerprint density at radius 3 is 2.62 bits per heavy atom.